The molecule has 0 radical (unpaired) electrons. The Morgan fingerprint density at radius 2 is 1.63 bits per heavy atom. The van der Waals surface area contributed by atoms with Crippen molar-refractivity contribution in [2.75, 3.05) is 28.6 Å². The molecule has 0 bridgehead atoms. The normalized spacial score (nSPS) is 13.1. The van der Waals surface area contributed by atoms with Gasteiger partial charge in [-0.2, -0.15) is 0 Å². The molecule has 2 aromatic rings. The van der Waals surface area contributed by atoms with E-state index in [9.17, 15) is 19.2 Å². The first-order chi connectivity index (χ1) is 14.5. The second-order valence-corrected chi connectivity index (χ2v) is 6.91. The van der Waals surface area contributed by atoms with Crippen LogP contribution in [0.1, 0.15) is 36.5 Å². The van der Waals surface area contributed by atoms with Gasteiger partial charge >= 0.3 is 0 Å². The van der Waals surface area contributed by atoms with Crippen LogP contribution in [-0.2, 0) is 14.4 Å². The van der Waals surface area contributed by atoms with Crippen molar-refractivity contribution in [1.82, 2.24) is 5.32 Å². The van der Waals surface area contributed by atoms with Gasteiger partial charge in [-0.1, -0.05) is 13.0 Å². The molecule has 0 unspecified atom stereocenters. The van der Waals surface area contributed by atoms with E-state index in [1.165, 1.54) is 0 Å². The zero-order chi connectivity index (χ0) is 21.5. The third-order valence-corrected chi connectivity index (χ3v) is 4.68. The number of anilines is 3. The van der Waals surface area contributed by atoms with E-state index in [0.29, 0.717) is 36.3 Å². The minimum atomic E-state index is -0.387. The van der Waals surface area contributed by atoms with Crippen molar-refractivity contribution >= 4 is 40.7 Å². The Labute approximate surface area is 174 Å². The van der Waals surface area contributed by atoms with E-state index in [-0.39, 0.29) is 30.2 Å². The third kappa shape index (κ3) is 5.44. The summed E-state index contributed by atoms with van der Waals surface area (Å²) in [5, 5.41) is 7.97. The van der Waals surface area contributed by atoms with Crippen LogP contribution in [0, 0.1) is 0 Å². The average Bonchev–Trinajstić information content (AvgIpc) is 3.18. The van der Waals surface area contributed by atoms with Crippen molar-refractivity contribution in [3.05, 3.63) is 54.1 Å². The molecule has 156 valence electrons. The first-order valence-corrected chi connectivity index (χ1v) is 9.84. The molecule has 4 amide bonds. The minimum Gasteiger partial charge on any atom is -0.343 e. The smallest absolute Gasteiger partial charge is 0.251 e. The second kappa shape index (κ2) is 9.69. The molecule has 30 heavy (non-hydrogen) atoms. The largest absolute Gasteiger partial charge is 0.343 e. The van der Waals surface area contributed by atoms with Crippen molar-refractivity contribution in [2.24, 2.45) is 0 Å². The number of nitrogens with one attached hydrogen (secondary N) is 3. The molecular formula is C22H24N4O4. The molecule has 0 saturated carbocycles. The van der Waals surface area contributed by atoms with Gasteiger partial charge in [-0.05, 0) is 48.9 Å². The molecule has 8 nitrogen and oxygen atoms in total. The van der Waals surface area contributed by atoms with Gasteiger partial charge in [0, 0.05) is 42.0 Å². The molecule has 0 aromatic heterocycles. The molecule has 3 N–H and O–H groups in total. The topological polar surface area (TPSA) is 108 Å². The summed E-state index contributed by atoms with van der Waals surface area (Å²) in [4.78, 5) is 49.4. The predicted molar refractivity (Wildman–Crippen MR) is 114 cm³/mol. The van der Waals surface area contributed by atoms with Gasteiger partial charge in [0.05, 0.1) is 6.54 Å². The Kier molecular flexibility index (Phi) is 6.79. The minimum absolute atomic E-state index is 0.0854. The standard InChI is InChI=1S/C22H24N4O4/c1-2-19(27)24-16-5-3-6-17(13-16)25-20(28)14-23-22(30)15-8-10-18(11-9-15)26-12-4-7-21(26)29/h3,5-6,8-11,13H,2,4,7,12,14H2,1H3,(H,23,30)(H,24,27)(H,25,28). The summed E-state index contributed by atoms with van der Waals surface area (Å²) in [5.41, 5.74) is 2.27. The molecule has 1 aliphatic rings. The third-order valence-electron chi connectivity index (χ3n) is 4.68. The molecule has 1 aliphatic heterocycles. The molecule has 0 atom stereocenters. The van der Waals surface area contributed by atoms with E-state index < -0.39 is 0 Å². The van der Waals surface area contributed by atoms with Crippen molar-refractivity contribution in [2.45, 2.75) is 26.2 Å². The Morgan fingerprint density at radius 3 is 2.23 bits per heavy atom. The van der Waals surface area contributed by atoms with Crippen LogP contribution in [0.5, 0.6) is 0 Å². The lowest BCUT2D eigenvalue weighted by atomic mass is 10.2. The first-order valence-electron chi connectivity index (χ1n) is 9.84. The Morgan fingerprint density at radius 1 is 0.967 bits per heavy atom. The predicted octanol–water partition coefficient (Wildman–Crippen LogP) is 2.53. The molecule has 3 rings (SSSR count). The number of hydrogen-bond acceptors (Lipinski definition) is 4. The maximum atomic E-state index is 12.3. The maximum absolute atomic E-state index is 12.3. The van der Waals surface area contributed by atoms with Gasteiger partial charge in [0.15, 0.2) is 0 Å². The quantitative estimate of drug-likeness (QED) is 0.654. The van der Waals surface area contributed by atoms with Crippen LogP contribution in [0.25, 0.3) is 0 Å². The van der Waals surface area contributed by atoms with E-state index >= 15 is 0 Å². The molecule has 8 heteroatoms. The van der Waals surface area contributed by atoms with Crippen LogP contribution in [0.2, 0.25) is 0 Å². The van der Waals surface area contributed by atoms with Gasteiger partial charge in [-0.15, -0.1) is 0 Å². The van der Waals surface area contributed by atoms with Gasteiger partial charge in [-0.3, -0.25) is 19.2 Å². The van der Waals surface area contributed by atoms with Crippen LogP contribution in [0.4, 0.5) is 17.1 Å². The Balaban J connectivity index is 1.51. The van der Waals surface area contributed by atoms with Crippen LogP contribution in [0.15, 0.2) is 48.5 Å². The highest BCUT2D eigenvalue weighted by Crippen LogP contribution is 2.21. The molecule has 2 aromatic carbocycles. The Hall–Kier alpha value is -3.68. The fraction of sp³-hybridized carbons (Fsp3) is 0.273. The van der Waals surface area contributed by atoms with Crippen molar-refractivity contribution in [3.8, 4) is 0 Å². The van der Waals surface area contributed by atoms with Crippen LogP contribution in [0.3, 0.4) is 0 Å². The highest BCUT2D eigenvalue weighted by Gasteiger charge is 2.21. The number of nitrogens with zero attached hydrogens (tertiary/aromatic N) is 1. The zero-order valence-corrected chi connectivity index (χ0v) is 16.7. The summed E-state index contributed by atoms with van der Waals surface area (Å²) in [6.45, 7) is 2.24. The van der Waals surface area contributed by atoms with E-state index in [0.717, 1.165) is 12.1 Å². The monoisotopic (exact) mass is 408 g/mol. The van der Waals surface area contributed by atoms with Crippen LogP contribution in [-0.4, -0.2) is 36.7 Å². The highest BCUT2D eigenvalue weighted by atomic mass is 16.2. The maximum Gasteiger partial charge on any atom is 0.251 e. The number of carbonyl (C=O) groups is 4. The number of carbonyl (C=O) groups excluding carboxylic acids is 4. The lowest BCUT2D eigenvalue weighted by molar-refractivity contribution is -0.117. The van der Waals surface area contributed by atoms with E-state index in [2.05, 4.69) is 16.0 Å². The zero-order valence-electron chi connectivity index (χ0n) is 16.7. The van der Waals surface area contributed by atoms with Gasteiger partial charge in [0.2, 0.25) is 17.7 Å². The molecule has 1 saturated heterocycles. The van der Waals surface area contributed by atoms with E-state index in [4.69, 9.17) is 0 Å². The first kappa shape index (κ1) is 21.0. The van der Waals surface area contributed by atoms with Crippen molar-refractivity contribution in [1.29, 1.82) is 0 Å². The summed E-state index contributed by atoms with van der Waals surface area (Å²) in [7, 11) is 0. The fourth-order valence-electron chi connectivity index (χ4n) is 3.11. The lowest BCUT2D eigenvalue weighted by Crippen LogP contribution is -2.33. The van der Waals surface area contributed by atoms with E-state index in [1.807, 2.05) is 0 Å². The SMILES string of the molecule is CCC(=O)Nc1cccc(NC(=O)CNC(=O)c2ccc(N3CCCC3=O)cc2)c1. The fourth-order valence-corrected chi connectivity index (χ4v) is 3.11. The number of benzene rings is 2. The van der Waals surface area contributed by atoms with Crippen molar-refractivity contribution in [3.63, 3.8) is 0 Å². The highest BCUT2D eigenvalue weighted by molar-refractivity contribution is 6.00. The van der Waals surface area contributed by atoms with Gasteiger partial charge in [0.25, 0.3) is 5.91 Å². The van der Waals surface area contributed by atoms with Crippen molar-refractivity contribution < 1.29 is 19.2 Å². The molecule has 1 fully saturated rings. The summed E-state index contributed by atoms with van der Waals surface area (Å²) in [5.74, 6) is -0.803. The average molecular weight is 408 g/mol. The molecule has 0 aliphatic carbocycles. The van der Waals surface area contributed by atoms with Gasteiger partial charge in [-0.25, -0.2) is 0 Å². The molecule has 1 heterocycles. The summed E-state index contributed by atoms with van der Waals surface area (Å²) in [6.07, 6.45) is 1.74. The number of hydrogen-bond donors (Lipinski definition) is 3. The summed E-state index contributed by atoms with van der Waals surface area (Å²) >= 11 is 0. The lowest BCUT2D eigenvalue weighted by Gasteiger charge is -2.15. The van der Waals surface area contributed by atoms with E-state index in [1.54, 1.807) is 60.4 Å². The summed E-state index contributed by atoms with van der Waals surface area (Å²) < 4.78 is 0. The van der Waals surface area contributed by atoms with Crippen LogP contribution >= 0.6 is 0 Å². The summed E-state index contributed by atoms with van der Waals surface area (Å²) in [6, 6.07) is 13.5. The van der Waals surface area contributed by atoms with Gasteiger partial charge < -0.3 is 20.9 Å². The molecule has 0 spiro atoms. The second-order valence-electron chi connectivity index (χ2n) is 6.91. The van der Waals surface area contributed by atoms with Crippen LogP contribution < -0.4 is 20.9 Å². The number of rotatable bonds is 7. The molecular weight excluding hydrogens is 384 g/mol. The number of amides is 4. The Bertz CT molecular complexity index is 956. The van der Waals surface area contributed by atoms with Gasteiger partial charge in [0.1, 0.15) is 0 Å².